The average Bonchev–Trinajstić information content (AvgIpc) is 2.41. The van der Waals surface area contributed by atoms with Gasteiger partial charge in [-0.05, 0) is 30.7 Å². The predicted molar refractivity (Wildman–Crippen MR) is 75.7 cm³/mol. The third-order valence-electron chi connectivity index (χ3n) is 2.82. The van der Waals surface area contributed by atoms with Crippen molar-refractivity contribution >= 4 is 5.69 Å². The Bertz CT molecular complexity index is 568. The van der Waals surface area contributed by atoms with Crippen LogP contribution >= 0.6 is 0 Å². The number of pyridine rings is 1. The summed E-state index contributed by atoms with van der Waals surface area (Å²) in [6.45, 7) is 1.90. The number of anilines is 1. The number of ether oxygens (including phenoxy) is 1. The van der Waals surface area contributed by atoms with Crippen molar-refractivity contribution in [3.8, 4) is 11.6 Å². The molecule has 0 saturated carbocycles. The second-order valence-corrected chi connectivity index (χ2v) is 4.62. The molecule has 4 nitrogen and oxygen atoms in total. The molecule has 0 amide bonds. The average molecular weight is 258 g/mol. The lowest BCUT2D eigenvalue weighted by Crippen LogP contribution is -2.08. The molecule has 4 heteroatoms. The summed E-state index contributed by atoms with van der Waals surface area (Å²) in [7, 11) is 3.97. The zero-order valence-electron chi connectivity index (χ0n) is 11.4. The van der Waals surface area contributed by atoms with E-state index in [1.54, 1.807) is 6.20 Å². The van der Waals surface area contributed by atoms with Crippen LogP contribution in [-0.4, -0.2) is 24.2 Å². The molecule has 0 saturated heterocycles. The lowest BCUT2D eigenvalue weighted by atomic mass is 10.2. The Hall–Kier alpha value is -2.07. The fourth-order valence-electron chi connectivity index (χ4n) is 1.75. The van der Waals surface area contributed by atoms with Crippen LogP contribution in [0, 0.1) is 6.92 Å². The molecule has 0 atom stereocenters. The van der Waals surface area contributed by atoms with Crippen LogP contribution in [-0.2, 0) is 6.61 Å². The number of benzene rings is 1. The maximum atomic E-state index is 9.05. The number of hydrogen-bond donors (Lipinski definition) is 1. The molecular weight excluding hydrogens is 240 g/mol. The van der Waals surface area contributed by atoms with E-state index in [4.69, 9.17) is 9.84 Å². The molecule has 1 aromatic carbocycles. The second-order valence-electron chi connectivity index (χ2n) is 4.62. The third-order valence-corrected chi connectivity index (χ3v) is 2.82. The van der Waals surface area contributed by atoms with E-state index in [0.29, 0.717) is 5.88 Å². The van der Waals surface area contributed by atoms with E-state index in [0.717, 1.165) is 22.6 Å². The minimum atomic E-state index is -0.00969. The molecule has 2 aromatic rings. The van der Waals surface area contributed by atoms with E-state index in [-0.39, 0.29) is 6.61 Å². The van der Waals surface area contributed by atoms with Crippen LogP contribution < -0.4 is 9.64 Å². The van der Waals surface area contributed by atoms with Crippen LogP contribution in [0.4, 0.5) is 5.69 Å². The molecule has 0 radical (unpaired) electrons. The van der Waals surface area contributed by atoms with E-state index in [1.165, 1.54) is 0 Å². The van der Waals surface area contributed by atoms with Crippen LogP contribution in [0.1, 0.15) is 11.1 Å². The van der Waals surface area contributed by atoms with Crippen molar-refractivity contribution in [3.05, 3.63) is 47.7 Å². The van der Waals surface area contributed by atoms with E-state index in [2.05, 4.69) is 4.98 Å². The van der Waals surface area contributed by atoms with Crippen LogP contribution in [0.15, 0.2) is 36.5 Å². The molecule has 2 rings (SSSR count). The van der Waals surface area contributed by atoms with Crippen molar-refractivity contribution in [2.75, 3.05) is 19.0 Å². The lowest BCUT2D eigenvalue weighted by molar-refractivity contribution is 0.281. The Labute approximate surface area is 113 Å². The van der Waals surface area contributed by atoms with Gasteiger partial charge in [0.05, 0.1) is 6.61 Å². The highest BCUT2D eigenvalue weighted by Crippen LogP contribution is 2.26. The number of aliphatic hydroxyl groups excluding tert-OH is 1. The first-order chi connectivity index (χ1) is 9.10. The largest absolute Gasteiger partial charge is 0.439 e. The van der Waals surface area contributed by atoms with Crippen molar-refractivity contribution in [2.45, 2.75) is 13.5 Å². The number of rotatable bonds is 4. The monoisotopic (exact) mass is 258 g/mol. The summed E-state index contributed by atoms with van der Waals surface area (Å²) < 4.78 is 5.78. The first-order valence-corrected chi connectivity index (χ1v) is 6.12. The Morgan fingerprint density at radius 2 is 2.05 bits per heavy atom. The van der Waals surface area contributed by atoms with Crippen molar-refractivity contribution < 1.29 is 9.84 Å². The summed E-state index contributed by atoms with van der Waals surface area (Å²) in [5.41, 5.74) is 2.76. The smallest absolute Gasteiger partial charge is 0.222 e. The second kappa shape index (κ2) is 5.71. The van der Waals surface area contributed by atoms with E-state index >= 15 is 0 Å². The van der Waals surface area contributed by atoms with Gasteiger partial charge in [-0.25, -0.2) is 4.98 Å². The number of aryl methyl sites for hydroxylation is 1. The summed E-state index contributed by atoms with van der Waals surface area (Å²) in [5, 5.41) is 9.05. The fraction of sp³-hybridized carbons (Fsp3) is 0.267. The molecule has 1 aromatic heterocycles. The Kier molecular flexibility index (Phi) is 4.02. The van der Waals surface area contributed by atoms with Crippen LogP contribution in [0.25, 0.3) is 0 Å². The summed E-state index contributed by atoms with van der Waals surface area (Å²) in [6.07, 6.45) is 1.62. The van der Waals surface area contributed by atoms with Gasteiger partial charge >= 0.3 is 0 Å². The van der Waals surface area contributed by atoms with Gasteiger partial charge in [0.15, 0.2) is 0 Å². The van der Waals surface area contributed by atoms with E-state index in [1.807, 2.05) is 56.3 Å². The number of aromatic nitrogens is 1. The molecule has 0 aliphatic heterocycles. The van der Waals surface area contributed by atoms with Crippen LogP contribution in [0.2, 0.25) is 0 Å². The summed E-state index contributed by atoms with van der Waals surface area (Å²) in [4.78, 5) is 6.24. The van der Waals surface area contributed by atoms with Crippen molar-refractivity contribution in [1.29, 1.82) is 0 Å². The van der Waals surface area contributed by atoms with Gasteiger partial charge in [0.2, 0.25) is 5.88 Å². The summed E-state index contributed by atoms with van der Waals surface area (Å²) in [5.74, 6) is 1.31. The molecule has 0 spiro atoms. The maximum Gasteiger partial charge on any atom is 0.222 e. The number of nitrogens with zero attached hydrogens (tertiary/aromatic N) is 2. The fourth-order valence-corrected chi connectivity index (χ4v) is 1.75. The zero-order valence-corrected chi connectivity index (χ0v) is 11.4. The Morgan fingerprint density at radius 3 is 2.68 bits per heavy atom. The van der Waals surface area contributed by atoms with Gasteiger partial charge in [0.25, 0.3) is 0 Å². The molecule has 0 aliphatic rings. The quantitative estimate of drug-likeness (QED) is 0.916. The lowest BCUT2D eigenvalue weighted by Gasteiger charge is -2.14. The van der Waals surface area contributed by atoms with Gasteiger partial charge in [-0.1, -0.05) is 6.07 Å². The Morgan fingerprint density at radius 1 is 1.26 bits per heavy atom. The molecule has 100 valence electrons. The predicted octanol–water partition coefficient (Wildman–Crippen LogP) is 2.74. The first-order valence-electron chi connectivity index (χ1n) is 6.12. The summed E-state index contributed by atoms with van der Waals surface area (Å²) >= 11 is 0. The van der Waals surface area contributed by atoms with Gasteiger partial charge in [0, 0.05) is 37.6 Å². The van der Waals surface area contributed by atoms with Crippen molar-refractivity contribution in [2.24, 2.45) is 0 Å². The third kappa shape index (κ3) is 3.23. The number of aliphatic hydroxyl groups is 1. The topological polar surface area (TPSA) is 45.6 Å². The molecule has 1 heterocycles. The van der Waals surface area contributed by atoms with Gasteiger partial charge in [0.1, 0.15) is 5.75 Å². The van der Waals surface area contributed by atoms with Crippen molar-refractivity contribution in [1.82, 2.24) is 4.98 Å². The van der Waals surface area contributed by atoms with Gasteiger partial charge in [-0.2, -0.15) is 0 Å². The molecule has 1 N–H and O–H groups in total. The zero-order chi connectivity index (χ0) is 13.8. The molecule has 0 fully saturated rings. The highest BCUT2D eigenvalue weighted by atomic mass is 16.5. The highest BCUT2D eigenvalue weighted by molar-refractivity contribution is 5.50. The van der Waals surface area contributed by atoms with Crippen LogP contribution in [0.5, 0.6) is 11.6 Å². The summed E-state index contributed by atoms with van der Waals surface area (Å²) in [6, 6.07) is 9.69. The minimum absolute atomic E-state index is 0.00969. The van der Waals surface area contributed by atoms with Gasteiger partial charge in [-0.15, -0.1) is 0 Å². The minimum Gasteiger partial charge on any atom is -0.439 e. The van der Waals surface area contributed by atoms with Gasteiger partial charge in [-0.3, -0.25) is 0 Å². The standard InChI is InChI=1S/C15H18N2O2/c1-11-7-12(10-18)9-16-15(11)19-14-6-4-5-13(8-14)17(2)3/h4-9,18H,10H2,1-3H3. The van der Waals surface area contributed by atoms with E-state index < -0.39 is 0 Å². The normalized spacial score (nSPS) is 10.3. The number of hydrogen-bond acceptors (Lipinski definition) is 4. The van der Waals surface area contributed by atoms with E-state index in [9.17, 15) is 0 Å². The molecule has 0 bridgehead atoms. The first kappa shape index (κ1) is 13.4. The molecule has 19 heavy (non-hydrogen) atoms. The highest BCUT2D eigenvalue weighted by Gasteiger charge is 2.05. The van der Waals surface area contributed by atoms with Gasteiger partial charge < -0.3 is 14.7 Å². The van der Waals surface area contributed by atoms with Crippen molar-refractivity contribution in [3.63, 3.8) is 0 Å². The van der Waals surface area contributed by atoms with Crippen LogP contribution in [0.3, 0.4) is 0 Å². The molecule has 0 aliphatic carbocycles. The SMILES string of the molecule is Cc1cc(CO)cnc1Oc1cccc(N(C)C)c1. The molecular formula is C15H18N2O2. The Balaban J connectivity index is 2.23. The molecule has 0 unspecified atom stereocenters. The maximum absolute atomic E-state index is 9.05.